The zero-order valence-electron chi connectivity index (χ0n) is 10.7. The minimum Gasteiger partial charge on any atom is -0.383 e. The van der Waals surface area contributed by atoms with Crippen LogP contribution in [0.3, 0.4) is 0 Å². The Balaban J connectivity index is 2.23. The van der Waals surface area contributed by atoms with Crippen molar-refractivity contribution in [3.8, 4) is 27.9 Å². The number of nitrogens with two attached hydrogens (primary N) is 1. The summed E-state index contributed by atoms with van der Waals surface area (Å²) >= 11 is 4.98. The van der Waals surface area contributed by atoms with Gasteiger partial charge in [-0.3, -0.25) is 4.98 Å². The van der Waals surface area contributed by atoms with E-state index in [1.165, 1.54) is 0 Å². The predicted octanol–water partition coefficient (Wildman–Crippen LogP) is 4.09. The highest BCUT2D eigenvalue weighted by Crippen LogP contribution is 2.36. The number of rotatable bonds is 2. The molecule has 0 atom stereocenters. The van der Waals surface area contributed by atoms with Crippen LogP contribution in [0.2, 0.25) is 0 Å². The van der Waals surface area contributed by atoms with Gasteiger partial charge in [-0.1, -0.05) is 6.07 Å². The molecule has 0 aliphatic heterocycles. The fraction of sp³-hybridized carbons (Fsp3) is 0. The van der Waals surface area contributed by atoms with Crippen molar-refractivity contribution in [1.29, 1.82) is 5.26 Å². The summed E-state index contributed by atoms with van der Waals surface area (Å²) in [5.41, 5.74) is 8.50. The Bertz CT molecular complexity index is 837. The van der Waals surface area contributed by atoms with Gasteiger partial charge in [0.2, 0.25) is 0 Å². The van der Waals surface area contributed by atoms with Crippen LogP contribution in [0, 0.1) is 11.3 Å². The molecule has 0 saturated heterocycles. The molecule has 0 aromatic carbocycles. The third-order valence-corrected chi connectivity index (χ3v) is 4.58. The van der Waals surface area contributed by atoms with Crippen LogP contribution < -0.4 is 5.73 Å². The van der Waals surface area contributed by atoms with E-state index < -0.39 is 0 Å². The first-order valence-corrected chi connectivity index (χ1v) is 7.67. The highest BCUT2D eigenvalue weighted by Gasteiger charge is 2.15. The maximum Gasteiger partial charge on any atom is 0.142 e. The van der Waals surface area contributed by atoms with Gasteiger partial charge in [-0.15, -0.1) is 11.3 Å². The number of halogens is 1. The van der Waals surface area contributed by atoms with E-state index in [4.69, 9.17) is 5.73 Å². The molecule has 21 heavy (non-hydrogen) atoms. The van der Waals surface area contributed by atoms with E-state index in [1.54, 1.807) is 17.5 Å². The number of nitrogen functional groups attached to an aromatic ring is 1. The standard InChI is InChI=1S/C15H9BrN4S/c16-14-5-4-13(21-14)9-7-12(11-3-1-2-6-19-11)20-15(18)10(9)8-17/h1-7H,(H2,18,20). The molecule has 0 spiro atoms. The average molecular weight is 357 g/mol. The lowest BCUT2D eigenvalue weighted by molar-refractivity contribution is 1.25. The summed E-state index contributed by atoms with van der Waals surface area (Å²) in [6.45, 7) is 0. The molecule has 0 unspecified atom stereocenters. The van der Waals surface area contributed by atoms with Gasteiger partial charge in [-0.25, -0.2) is 4.98 Å². The predicted molar refractivity (Wildman–Crippen MR) is 87.6 cm³/mol. The van der Waals surface area contributed by atoms with E-state index in [0.29, 0.717) is 11.3 Å². The molecule has 3 aromatic rings. The smallest absolute Gasteiger partial charge is 0.142 e. The molecule has 4 nitrogen and oxygen atoms in total. The highest BCUT2D eigenvalue weighted by atomic mass is 79.9. The minimum absolute atomic E-state index is 0.222. The monoisotopic (exact) mass is 356 g/mol. The maximum absolute atomic E-state index is 9.34. The number of nitriles is 1. The normalized spacial score (nSPS) is 10.3. The Morgan fingerprint density at radius 1 is 1.19 bits per heavy atom. The molecule has 0 bridgehead atoms. The Kier molecular flexibility index (Phi) is 3.69. The number of hydrogen-bond donors (Lipinski definition) is 1. The lowest BCUT2D eigenvalue weighted by Crippen LogP contribution is -1.99. The van der Waals surface area contributed by atoms with Crippen LogP contribution in [-0.4, -0.2) is 9.97 Å². The van der Waals surface area contributed by atoms with Crippen molar-refractivity contribution in [3.05, 3.63) is 51.9 Å². The van der Waals surface area contributed by atoms with Gasteiger partial charge in [0.1, 0.15) is 17.5 Å². The van der Waals surface area contributed by atoms with Crippen LogP contribution >= 0.6 is 27.3 Å². The largest absolute Gasteiger partial charge is 0.383 e. The summed E-state index contributed by atoms with van der Waals surface area (Å²) in [5.74, 6) is 0.222. The molecule has 3 heterocycles. The van der Waals surface area contributed by atoms with Crippen LogP contribution in [0.25, 0.3) is 21.8 Å². The van der Waals surface area contributed by atoms with Crippen LogP contribution in [0.15, 0.2) is 46.4 Å². The third-order valence-electron chi connectivity index (χ3n) is 2.93. The van der Waals surface area contributed by atoms with E-state index in [9.17, 15) is 5.26 Å². The Hall–Kier alpha value is -2.23. The number of pyridine rings is 2. The van der Waals surface area contributed by atoms with Gasteiger partial charge in [0.05, 0.1) is 15.2 Å². The van der Waals surface area contributed by atoms with E-state index >= 15 is 0 Å². The van der Waals surface area contributed by atoms with Crippen LogP contribution in [0.5, 0.6) is 0 Å². The average Bonchev–Trinajstić information content (AvgIpc) is 2.94. The van der Waals surface area contributed by atoms with Gasteiger partial charge >= 0.3 is 0 Å². The molecule has 0 aliphatic carbocycles. The van der Waals surface area contributed by atoms with Crippen molar-refractivity contribution < 1.29 is 0 Å². The third kappa shape index (κ3) is 2.66. The highest BCUT2D eigenvalue weighted by molar-refractivity contribution is 9.11. The van der Waals surface area contributed by atoms with Gasteiger partial charge < -0.3 is 5.73 Å². The molecule has 102 valence electrons. The minimum atomic E-state index is 0.222. The molecule has 0 saturated carbocycles. The van der Waals surface area contributed by atoms with E-state index in [-0.39, 0.29) is 5.82 Å². The van der Waals surface area contributed by atoms with Crippen LogP contribution in [-0.2, 0) is 0 Å². The topological polar surface area (TPSA) is 75.6 Å². The second kappa shape index (κ2) is 5.64. The van der Waals surface area contributed by atoms with E-state index in [2.05, 4.69) is 32.0 Å². The fourth-order valence-electron chi connectivity index (χ4n) is 1.98. The SMILES string of the molecule is N#Cc1c(-c2ccc(Br)s2)cc(-c2ccccn2)nc1N. The van der Waals surface area contributed by atoms with Gasteiger partial charge in [0.25, 0.3) is 0 Å². The second-order valence-corrected chi connectivity index (χ2v) is 6.71. The number of aromatic nitrogens is 2. The summed E-state index contributed by atoms with van der Waals surface area (Å²) in [7, 11) is 0. The molecule has 0 fully saturated rings. The fourth-order valence-corrected chi connectivity index (χ4v) is 3.39. The van der Waals surface area contributed by atoms with E-state index in [1.807, 2.05) is 36.4 Å². The molecular formula is C15H9BrN4S. The Labute approximate surface area is 134 Å². The van der Waals surface area contributed by atoms with Crippen molar-refractivity contribution in [2.45, 2.75) is 0 Å². The van der Waals surface area contributed by atoms with Crippen LogP contribution in [0.1, 0.15) is 5.56 Å². The quantitative estimate of drug-likeness (QED) is 0.750. The molecule has 0 amide bonds. The summed E-state index contributed by atoms with van der Waals surface area (Å²) in [6.07, 6.45) is 1.70. The zero-order valence-corrected chi connectivity index (χ0v) is 13.1. The first kappa shape index (κ1) is 13.7. The molecule has 0 radical (unpaired) electrons. The zero-order chi connectivity index (χ0) is 14.8. The Morgan fingerprint density at radius 2 is 2.05 bits per heavy atom. The number of nitrogens with zero attached hydrogens (tertiary/aromatic N) is 3. The summed E-state index contributed by atoms with van der Waals surface area (Å²) in [4.78, 5) is 9.53. The molecule has 3 rings (SSSR count). The molecule has 6 heteroatoms. The number of hydrogen-bond acceptors (Lipinski definition) is 5. The van der Waals surface area contributed by atoms with Gasteiger partial charge in [0, 0.05) is 16.6 Å². The second-order valence-electron chi connectivity index (χ2n) is 4.25. The van der Waals surface area contributed by atoms with Crippen molar-refractivity contribution in [1.82, 2.24) is 9.97 Å². The first-order chi connectivity index (χ1) is 10.2. The van der Waals surface area contributed by atoms with Crippen LogP contribution in [0.4, 0.5) is 5.82 Å². The summed E-state index contributed by atoms with van der Waals surface area (Å²) in [5, 5.41) is 9.34. The Morgan fingerprint density at radius 3 is 2.67 bits per heavy atom. The first-order valence-electron chi connectivity index (χ1n) is 6.07. The van der Waals surface area contributed by atoms with Crippen molar-refractivity contribution >= 4 is 33.1 Å². The lowest BCUT2D eigenvalue weighted by atomic mass is 10.1. The van der Waals surface area contributed by atoms with Gasteiger partial charge in [0.15, 0.2) is 0 Å². The van der Waals surface area contributed by atoms with Crippen molar-refractivity contribution in [2.75, 3.05) is 5.73 Å². The number of anilines is 1. The molecule has 3 aromatic heterocycles. The van der Waals surface area contributed by atoms with Crippen molar-refractivity contribution in [3.63, 3.8) is 0 Å². The summed E-state index contributed by atoms with van der Waals surface area (Å²) < 4.78 is 0.996. The summed E-state index contributed by atoms with van der Waals surface area (Å²) in [6, 6.07) is 13.5. The number of thiophene rings is 1. The maximum atomic E-state index is 9.34. The molecule has 2 N–H and O–H groups in total. The molecular weight excluding hydrogens is 348 g/mol. The van der Waals surface area contributed by atoms with Gasteiger partial charge in [-0.05, 0) is 46.3 Å². The van der Waals surface area contributed by atoms with Crippen molar-refractivity contribution in [2.24, 2.45) is 0 Å². The van der Waals surface area contributed by atoms with Gasteiger partial charge in [-0.2, -0.15) is 5.26 Å². The lowest BCUT2D eigenvalue weighted by Gasteiger charge is -2.08. The van der Waals surface area contributed by atoms with E-state index in [0.717, 1.165) is 19.9 Å². The molecule has 0 aliphatic rings.